The summed E-state index contributed by atoms with van der Waals surface area (Å²) >= 11 is 0. The smallest absolute Gasteiger partial charge is 0.387 e. The molecule has 21 heteroatoms. The second-order valence-corrected chi connectivity index (χ2v) is 10.6. The van der Waals surface area contributed by atoms with Gasteiger partial charge in [0.05, 0.1) is 12.9 Å². The maximum absolute atomic E-state index is 11.8. The van der Waals surface area contributed by atoms with Crippen molar-refractivity contribution < 1.29 is 61.4 Å². The number of aliphatic hydroxyl groups excluding tert-OH is 2. The van der Waals surface area contributed by atoms with Crippen LogP contribution in [0.3, 0.4) is 0 Å². The molecule has 1 aliphatic heterocycles. The Balaban J connectivity index is 1.70. The molecule has 1 aliphatic rings. The van der Waals surface area contributed by atoms with Gasteiger partial charge in [0.25, 0.3) is 0 Å². The SMILES string of the molecule is CNc1ncnc2c1ncn2[C@@H]1O[C@H](COP(=O)(O)OP(=O)(O)OP(=O)(O)O)[C@@H](O)[C@H]1O. The number of ether oxygens (including phenoxy) is 1. The number of nitrogens with zero attached hydrogens (tertiary/aromatic N) is 4. The molecule has 0 radical (unpaired) electrons. The highest BCUT2D eigenvalue weighted by molar-refractivity contribution is 7.66. The van der Waals surface area contributed by atoms with Gasteiger partial charge >= 0.3 is 23.5 Å². The summed E-state index contributed by atoms with van der Waals surface area (Å²) in [5.41, 5.74) is 0.561. The van der Waals surface area contributed by atoms with E-state index < -0.39 is 54.6 Å². The highest BCUT2D eigenvalue weighted by Crippen LogP contribution is 2.66. The van der Waals surface area contributed by atoms with E-state index in [-0.39, 0.29) is 5.65 Å². The van der Waals surface area contributed by atoms with E-state index in [1.165, 1.54) is 17.2 Å². The summed E-state index contributed by atoms with van der Waals surface area (Å²) in [6.07, 6.45) is -3.46. The Morgan fingerprint density at radius 2 is 1.75 bits per heavy atom. The largest absolute Gasteiger partial charge is 0.490 e. The quantitative estimate of drug-likeness (QED) is 0.192. The van der Waals surface area contributed by atoms with Crippen molar-refractivity contribution >= 4 is 40.4 Å². The number of hydrogen-bond donors (Lipinski definition) is 7. The number of aromatic nitrogens is 4. The van der Waals surface area contributed by atoms with Gasteiger partial charge in [-0.3, -0.25) is 9.09 Å². The third kappa shape index (κ3) is 5.76. The van der Waals surface area contributed by atoms with Gasteiger partial charge in [0.15, 0.2) is 17.7 Å². The topological polar surface area (TPSA) is 265 Å². The molecule has 2 aromatic rings. The van der Waals surface area contributed by atoms with E-state index in [9.17, 15) is 28.8 Å². The van der Waals surface area contributed by atoms with Crippen molar-refractivity contribution in [2.24, 2.45) is 0 Å². The van der Waals surface area contributed by atoms with Crippen molar-refractivity contribution in [3.05, 3.63) is 12.7 Å². The van der Waals surface area contributed by atoms with Gasteiger partial charge in [-0.15, -0.1) is 0 Å². The third-order valence-electron chi connectivity index (χ3n) is 4.02. The van der Waals surface area contributed by atoms with Crippen LogP contribution in [0.5, 0.6) is 0 Å². The van der Waals surface area contributed by atoms with Crippen molar-refractivity contribution in [1.82, 2.24) is 19.5 Å². The Labute approximate surface area is 178 Å². The fourth-order valence-corrected chi connectivity index (χ4v) is 5.82. The number of nitrogens with one attached hydrogen (secondary N) is 1. The molecule has 1 saturated heterocycles. The van der Waals surface area contributed by atoms with E-state index in [0.717, 1.165) is 0 Å². The van der Waals surface area contributed by atoms with Gasteiger partial charge in [0.1, 0.15) is 30.2 Å². The van der Waals surface area contributed by atoms with Crippen LogP contribution in [-0.4, -0.2) is 81.3 Å². The van der Waals surface area contributed by atoms with Gasteiger partial charge in [-0.05, 0) is 0 Å². The van der Waals surface area contributed by atoms with Crippen molar-refractivity contribution in [3.63, 3.8) is 0 Å². The summed E-state index contributed by atoms with van der Waals surface area (Å²) in [7, 11) is -15.1. The molecule has 0 spiro atoms. The van der Waals surface area contributed by atoms with Crippen molar-refractivity contribution in [2.75, 3.05) is 19.0 Å². The Hall–Kier alpha value is -1.36. The molecule has 3 rings (SSSR count). The van der Waals surface area contributed by atoms with Crippen molar-refractivity contribution in [1.29, 1.82) is 0 Å². The Bertz CT molecular complexity index is 1120. The number of aliphatic hydroxyl groups is 2. The van der Waals surface area contributed by atoms with Crippen LogP contribution < -0.4 is 5.32 Å². The maximum atomic E-state index is 11.8. The molecule has 0 aromatic carbocycles. The first-order chi connectivity index (χ1) is 14.7. The van der Waals surface area contributed by atoms with E-state index >= 15 is 0 Å². The lowest BCUT2D eigenvalue weighted by atomic mass is 10.1. The minimum absolute atomic E-state index is 0.231. The monoisotopic (exact) mass is 521 g/mol. The summed E-state index contributed by atoms with van der Waals surface area (Å²) in [5, 5.41) is 23.3. The molecule has 1 fully saturated rings. The highest BCUT2D eigenvalue weighted by Gasteiger charge is 2.47. The maximum Gasteiger partial charge on any atom is 0.490 e. The molecular weight excluding hydrogens is 503 g/mol. The molecule has 7 N–H and O–H groups in total. The molecular formula is C11H18N5O13P3. The van der Waals surface area contributed by atoms with Crippen LogP contribution in [-0.2, 0) is 31.6 Å². The molecule has 0 aliphatic carbocycles. The molecule has 180 valence electrons. The summed E-state index contributed by atoms with van der Waals surface area (Å²) < 4.78 is 52.1. The van der Waals surface area contributed by atoms with Gasteiger partial charge in [-0.25, -0.2) is 28.6 Å². The lowest BCUT2D eigenvalue weighted by Gasteiger charge is -2.19. The number of fused-ring (bicyclic) bond motifs is 1. The van der Waals surface area contributed by atoms with Crippen LogP contribution in [0.2, 0.25) is 0 Å². The number of anilines is 1. The average Bonchev–Trinajstić information content (AvgIpc) is 3.19. The van der Waals surface area contributed by atoms with Gasteiger partial charge in [0, 0.05) is 7.05 Å². The van der Waals surface area contributed by atoms with E-state index in [2.05, 4.69) is 33.4 Å². The summed E-state index contributed by atoms with van der Waals surface area (Å²) in [6, 6.07) is 0. The molecule has 3 heterocycles. The van der Waals surface area contributed by atoms with E-state index in [0.29, 0.717) is 11.3 Å². The van der Waals surface area contributed by atoms with Crippen LogP contribution >= 0.6 is 23.5 Å². The highest BCUT2D eigenvalue weighted by atomic mass is 31.3. The number of phosphoric ester groups is 1. The Morgan fingerprint density at radius 3 is 2.38 bits per heavy atom. The lowest BCUT2D eigenvalue weighted by molar-refractivity contribution is -0.0503. The number of hydrogen-bond acceptors (Lipinski definition) is 13. The van der Waals surface area contributed by atoms with Gasteiger partial charge < -0.3 is 39.8 Å². The van der Waals surface area contributed by atoms with Crippen LogP contribution in [0.4, 0.5) is 5.82 Å². The average molecular weight is 521 g/mol. The number of imidazole rings is 1. The predicted octanol–water partition coefficient (Wildman–Crippen LogP) is -1.17. The minimum atomic E-state index is -5.70. The fourth-order valence-electron chi connectivity index (χ4n) is 2.79. The predicted molar refractivity (Wildman–Crippen MR) is 101 cm³/mol. The molecule has 0 saturated carbocycles. The molecule has 6 atom stereocenters. The normalized spacial score (nSPS) is 27.8. The minimum Gasteiger partial charge on any atom is -0.387 e. The third-order valence-corrected chi connectivity index (χ3v) is 7.83. The van der Waals surface area contributed by atoms with Crippen LogP contribution in [0.15, 0.2) is 12.7 Å². The Morgan fingerprint density at radius 1 is 1.06 bits per heavy atom. The van der Waals surface area contributed by atoms with Crippen molar-refractivity contribution in [3.8, 4) is 0 Å². The number of phosphoric acid groups is 3. The van der Waals surface area contributed by atoms with Crippen molar-refractivity contribution in [2.45, 2.75) is 24.5 Å². The van der Waals surface area contributed by atoms with Crippen LogP contribution in [0.25, 0.3) is 11.2 Å². The summed E-state index contributed by atoms with van der Waals surface area (Å²) in [6.45, 7) is -0.943. The van der Waals surface area contributed by atoms with Gasteiger partial charge in [-0.1, -0.05) is 0 Å². The zero-order chi connectivity index (χ0) is 23.9. The standard InChI is InChI=1S/C11H18N5O13P3/c1-12-9-6-10(14-3-13-9)16(4-15-6)11-8(18)7(17)5(27-11)2-26-31(22,23)29-32(24,25)28-30(19,20)21/h3-5,7-8,11,17-18H,2H2,1H3,(H,22,23)(H,24,25)(H,12,13,14)(H2,19,20,21)/t5-,7-,8-,11-/m1/s1. The molecule has 32 heavy (non-hydrogen) atoms. The summed E-state index contributed by atoms with van der Waals surface area (Å²) in [5.74, 6) is 0.381. The molecule has 0 bridgehead atoms. The second-order valence-electron chi connectivity index (χ2n) is 6.23. The first-order valence-electron chi connectivity index (χ1n) is 8.38. The summed E-state index contributed by atoms with van der Waals surface area (Å²) in [4.78, 5) is 47.8. The van der Waals surface area contributed by atoms with Crippen LogP contribution in [0.1, 0.15) is 6.23 Å². The van der Waals surface area contributed by atoms with Gasteiger partial charge in [0.2, 0.25) is 0 Å². The number of rotatable bonds is 9. The van der Waals surface area contributed by atoms with Gasteiger partial charge in [-0.2, -0.15) is 8.62 Å². The fraction of sp³-hybridized carbons (Fsp3) is 0.545. The van der Waals surface area contributed by atoms with E-state index in [4.69, 9.17) is 19.4 Å². The van der Waals surface area contributed by atoms with E-state index in [1.54, 1.807) is 7.05 Å². The molecule has 2 unspecified atom stereocenters. The molecule has 18 nitrogen and oxygen atoms in total. The Kier molecular flexibility index (Phi) is 7.20. The molecule has 2 aromatic heterocycles. The first-order valence-corrected chi connectivity index (χ1v) is 12.9. The first kappa shape index (κ1) is 25.3. The molecule has 0 amide bonds. The second kappa shape index (κ2) is 9.12. The van der Waals surface area contributed by atoms with E-state index in [1.807, 2.05) is 0 Å². The zero-order valence-corrected chi connectivity index (χ0v) is 18.5. The lowest BCUT2D eigenvalue weighted by Crippen LogP contribution is -2.33. The van der Waals surface area contributed by atoms with Crippen LogP contribution in [0, 0.1) is 0 Å². The zero-order valence-electron chi connectivity index (χ0n) is 15.8.